The molecule has 0 amide bonds. The van der Waals surface area contributed by atoms with E-state index in [-0.39, 0.29) is 0 Å². The molecule has 36 heavy (non-hydrogen) atoms. The fraction of sp³-hybridized carbons (Fsp3) is 0. The molecule has 0 saturated heterocycles. The highest BCUT2D eigenvalue weighted by Crippen LogP contribution is 2.53. The molecule has 3 nitrogen and oxygen atoms in total. The Morgan fingerprint density at radius 3 is 2.22 bits per heavy atom. The number of fused-ring (bicyclic) bond motifs is 5. The van der Waals surface area contributed by atoms with E-state index in [1.54, 1.807) is 0 Å². The number of thiophene rings is 1. The molecular weight excluding hydrogens is 458 g/mol. The molecule has 168 valence electrons. The van der Waals surface area contributed by atoms with Crippen LogP contribution >= 0.6 is 11.3 Å². The molecule has 0 saturated carbocycles. The zero-order valence-corrected chi connectivity index (χ0v) is 20.0. The third kappa shape index (κ3) is 2.73. The standard InChI is InChI=1S/C32H19N3S/c1-2-12-29-21(8-1)25-18-24-23-10-7-9-22-20(26-11-3-5-16-33-26)14-15-27(32(22)23)35(28(24)19-30(25)36-29)31-13-4-6-17-34-31/h1-19H. The van der Waals surface area contributed by atoms with Crippen molar-refractivity contribution in [3.63, 3.8) is 0 Å². The Hall–Kier alpha value is -4.54. The lowest BCUT2D eigenvalue weighted by Crippen LogP contribution is -2.16. The molecule has 0 unspecified atom stereocenters. The van der Waals surface area contributed by atoms with Gasteiger partial charge in [-0.25, -0.2) is 4.98 Å². The van der Waals surface area contributed by atoms with Crippen molar-refractivity contribution in [3.05, 3.63) is 116 Å². The molecule has 0 radical (unpaired) electrons. The second-order valence-electron chi connectivity index (χ2n) is 9.06. The smallest absolute Gasteiger partial charge is 0.137 e. The molecule has 4 aromatic carbocycles. The van der Waals surface area contributed by atoms with E-state index in [1.165, 1.54) is 47.8 Å². The molecule has 1 aliphatic heterocycles. The van der Waals surface area contributed by atoms with Gasteiger partial charge in [0.05, 0.1) is 17.1 Å². The summed E-state index contributed by atoms with van der Waals surface area (Å²) < 4.78 is 2.60. The van der Waals surface area contributed by atoms with Crippen LogP contribution in [-0.4, -0.2) is 9.97 Å². The first-order chi connectivity index (χ1) is 17.9. The largest absolute Gasteiger partial charge is 0.294 e. The first kappa shape index (κ1) is 19.7. The van der Waals surface area contributed by atoms with Crippen LogP contribution in [0.25, 0.3) is 53.3 Å². The van der Waals surface area contributed by atoms with Gasteiger partial charge in [-0.2, -0.15) is 0 Å². The fourth-order valence-electron chi connectivity index (χ4n) is 5.57. The van der Waals surface area contributed by atoms with Gasteiger partial charge >= 0.3 is 0 Å². The highest BCUT2D eigenvalue weighted by atomic mass is 32.1. The van der Waals surface area contributed by atoms with Crippen molar-refractivity contribution in [2.45, 2.75) is 0 Å². The molecule has 0 bridgehead atoms. The lowest BCUT2D eigenvalue weighted by Gasteiger charge is -2.33. The number of hydrogen-bond donors (Lipinski definition) is 0. The van der Waals surface area contributed by atoms with Crippen LogP contribution in [0.1, 0.15) is 0 Å². The summed E-state index contributed by atoms with van der Waals surface area (Å²) in [7, 11) is 0. The first-order valence-corrected chi connectivity index (χ1v) is 12.8. The van der Waals surface area contributed by atoms with Gasteiger partial charge in [0.15, 0.2) is 0 Å². The molecule has 0 fully saturated rings. The zero-order chi connectivity index (χ0) is 23.6. The SMILES string of the molecule is c1ccc(-c2ccc3c4c(cccc24)-c2cc4c(cc2N3c2ccccn2)sc2ccccc24)nc1. The minimum absolute atomic E-state index is 0.917. The van der Waals surface area contributed by atoms with Gasteiger partial charge in [0, 0.05) is 49.1 Å². The lowest BCUT2D eigenvalue weighted by molar-refractivity contribution is 1.18. The Labute approximate surface area is 211 Å². The number of hydrogen-bond acceptors (Lipinski definition) is 4. The number of anilines is 3. The number of rotatable bonds is 2. The Morgan fingerprint density at radius 2 is 1.36 bits per heavy atom. The molecular formula is C32H19N3S. The van der Waals surface area contributed by atoms with Crippen molar-refractivity contribution >= 4 is 59.5 Å². The minimum atomic E-state index is 0.917. The van der Waals surface area contributed by atoms with Crippen molar-refractivity contribution < 1.29 is 0 Å². The Kier molecular flexibility index (Phi) is 4.10. The summed E-state index contributed by atoms with van der Waals surface area (Å²) in [5, 5.41) is 5.05. The third-order valence-electron chi connectivity index (χ3n) is 7.10. The molecule has 0 spiro atoms. The van der Waals surface area contributed by atoms with Gasteiger partial charge in [0.2, 0.25) is 0 Å². The fourth-order valence-corrected chi connectivity index (χ4v) is 6.69. The van der Waals surface area contributed by atoms with Crippen LogP contribution in [0.3, 0.4) is 0 Å². The molecule has 8 rings (SSSR count). The molecule has 0 aliphatic carbocycles. The average Bonchev–Trinajstić information content (AvgIpc) is 3.31. The highest BCUT2D eigenvalue weighted by molar-refractivity contribution is 7.25. The monoisotopic (exact) mass is 477 g/mol. The maximum atomic E-state index is 4.78. The Balaban J connectivity index is 1.52. The number of pyridine rings is 2. The van der Waals surface area contributed by atoms with Gasteiger partial charge in [-0.1, -0.05) is 54.6 Å². The maximum absolute atomic E-state index is 4.78. The van der Waals surface area contributed by atoms with Crippen molar-refractivity contribution in [3.8, 4) is 22.4 Å². The summed E-state index contributed by atoms with van der Waals surface area (Å²) >= 11 is 1.85. The van der Waals surface area contributed by atoms with Crippen molar-refractivity contribution in [2.24, 2.45) is 0 Å². The van der Waals surface area contributed by atoms with Gasteiger partial charge in [-0.15, -0.1) is 11.3 Å². The summed E-state index contributed by atoms with van der Waals surface area (Å²) in [5.74, 6) is 0.917. The first-order valence-electron chi connectivity index (χ1n) is 12.0. The summed E-state index contributed by atoms with van der Waals surface area (Å²) in [6.45, 7) is 0. The summed E-state index contributed by atoms with van der Waals surface area (Å²) in [6, 6.07) is 36.7. The Bertz CT molecular complexity index is 1940. The number of benzene rings is 4. The zero-order valence-electron chi connectivity index (χ0n) is 19.2. The highest BCUT2D eigenvalue weighted by Gasteiger charge is 2.28. The van der Waals surface area contributed by atoms with E-state index in [0.717, 1.165) is 22.8 Å². The van der Waals surface area contributed by atoms with E-state index < -0.39 is 0 Å². The van der Waals surface area contributed by atoms with E-state index in [0.29, 0.717) is 0 Å². The molecule has 4 heterocycles. The van der Waals surface area contributed by atoms with E-state index >= 15 is 0 Å². The van der Waals surface area contributed by atoms with Gasteiger partial charge < -0.3 is 0 Å². The van der Waals surface area contributed by atoms with Crippen LogP contribution in [0.4, 0.5) is 17.2 Å². The average molecular weight is 478 g/mol. The third-order valence-corrected chi connectivity index (χ3v) is 8.24. The predicted octanol–water partition coefficient (Wildman–Crippen LogP) is 9.11. The molecule has 4 heteroatoms. The van der Waals surface area contributed by atoms with Crippen LogP contribution in [-0.2, 0) is 0 Å². The minimum Gasteiger partial charge on any atom is -0.294 e. The van der Waals surface area contributed by atoms with Crippen LogP contribution in [0.2, 0.25) is 0 Å². The molecule has 0 atom stereocenters. The van der Waals surface area contributed by atoms with Gasteiger partial charge in [-0.3, -0.25) is 9.88 Å². The van der Waals surface area contributed by atoms with Crippen LogP contribution in [0, 0.1) is 0 Å². The summed E-state index contributed by atoms with van der Waals surface area (Å²) in [5.41, 5.74) is 6.91. The molecule has 7 aromatic rings. The van der Waals surface area contributed by atoms with Crippen LogP contribution in [0.5, 0.6) is 0 Å². The van der Waals surface area contributed by atoms with Crippen molar-refractivity contribution in [1.82, 2.24) is 9.97 Å². The lowest BCUT2D eigenvalue weighted by atomic mass is 9.88. The van der Waals surface area contributed by atoms with E-state index in [2.05, 4.69) is 94.8 Å². The molecule has 1 aliphatic rings. The second kappa shape index (κ2) is 7.48. The molecule has 0 N–H and O–H groups in total. The van der Waals surface area contributed by atoms with Crippen LogP contribution < -0.4 is 4.90 Å². The molecule has 3 aromatic heterocycles. The van der Waals surface area contributed by atoms with E-state index in [1.807, 2.05) is 41.9 Å². The van der Waals surface area contributed by atoms with Gasteiger partial charge in [0.1, 0.15) is 5.82 Å². The maximum Gasteiger partial charge on any atom is 0.137 e. The summed E-state index contributed by atoms with van der Waals surface area (Å²) in [4.78, 5) is 11.8. The van der Waals surface area contributed by atoms with E-state index in [9.17, 15) is 0 Å². The topological polar surface area (TPSA) is 29.0 Å². The van der Waals surface area contributed by atoms with Crippen molar-refractivity contribution in [1.29, 1.82) is 0 Å². The van der Waals surface area contributed by atoms with Gasteiger partial charge in [0.25, 0.3) is 0 Å². The van der Waals surface area contributed by atoms with Gasteiger partial charge in [-0.05, 0) is 59.5 Å². The number of nitrogens with zero attached hydrogens (tertiary/aromatic N) is 3. The predicted molar refractivity (Wildman–Crippen MR) is 152 cm³/mol. The van der Waals surface area contributed by atoms with Crippen LogP contribution in [0.15, 0.2) is 116 Å². The normalized spacial score (nSPS) is 12.4. The second-order valence-corrected chi connectivity index (χ2v) is 10.1. The van der Waals surface area contributed by atoms with Crippen molar-refractivity contribution in [2.75, 3.05) is 4.90 Å². The Morgan fingerprint density at radius 1 is 0.528 bits per heavy atom. The number of aromatic nitrogens is 2. The quantitative estimate of drug-likeness (QED) is 0.249. The summed E-state index contributed by atoms with van der Waals surface area (Å²) in [6.07, 6.45) is 3.73. The van der Waals surface area contributed by atoms with E-state index in [4.69, 9.17) is 4.98 Å².